The third-order valence-corrected chi connectivity index (χ3v) is 5.50. The van der Waals surface area contributed by atoms with Crippen molar-refractivity contribution in [1.82, 2.24) is 15.0 Å². The maximum absolute atomic E-state index is 12.6. The summed E-state index contributed by atoms with van der Waals surface area (Å²) in [6, 6.07) is 14.9. The van der Waals surface area contributed by atoms with E-state index in [1.54, 1.807) is 31.4 Å². The fourth-order valence-electron chi connectivity index (χ4n) is 3.54. The zero-order valence-corrected chi connectivity index (χ0v) is 17.4. The van der Waals surface area contributed by atoms with Crippen molar-refractivity contribution >= 4 is 23.6 Å². The second-order valence-corrected chi connectivity index (χ2v) is 7.58. The molecule has 1 aromatic heterocycles. The molecule has 0 bridgehead atoms. The molecule has 154 valence electrons. The topological polar surface area (TPSA) is 68.5 Å². The van der Waals surface area contributed by atoms with Crippen LogP contribution in [0.25, 0.3) is 17.5 Å². The Hall–Kier alpha value is -3.12. The van der Waals surface area contributed by atoms with Gasteiger partial charge in [0.15, 0.2) is 5.82 Å². The summed E-state index contributed by atoms with van der Waals surface area (Å²) < 4.78 is 10.7. The zero-order chi connectivity index (χ0) is 20.9. The highest BCUT2D eigenvalue weighted by atomic mass is 35.5. The van der Waals surface area contributed by atoms with Crippen molar-refractivity contribution in [3.63, 3.8) is 0 Å². The van der Waals surface area contributed by atoms with Gasteiger partial charge in [-0.05, 0) is 49.2 Å². The molecule has 2 heterocycles. The van der Waals surface area contributed by atoms with Crippen LogP contribution in [0.1, 0.15) is 30.1 Å². The van der Waals surface area contributed by atoms with Crippen molar-refractivity contribution in [1.29, 1.82) is 0 Å². The average molecular weight is 424 g/mol. The van der Waals surface area contributed by atoms with Crippen molar-refractivity contribution in [2.24, 2.45) is 0 Å². The number of nitrogens with zero attached hydrogens (tertiary/aromatic N) is 3. The van der Waals surface area contributed by atoms with E-state index in [1.165, 1.54) is 0 Å². The van der Waals surface area contributed by atoms with E-state index in [4.69, 9.17) is 20.9 Å². The van der Waals surface area contributed by atoms with E-state index in [0.717, 1.165) is 29.7 Å². The molecule has 0 saturated carbocycles. The van der Waals surface area contributed by atoms with Crippen LogP contribution in [0.2, 0.25) is 5.02 Å². The number of carbonyl (C=O) groups is 1. The third-order valence-electron chi connectivity index (χ3n) is 5.25. The molecule has 0 spiro atoms. The molecule has 4 rings (SSSR count). The summed E-state index contributed by atoms with van der Waals surface area (Å²) in [5.74, 6) is 2.09. The minimum atomic E-state index is -0.00526. The highest BCUT2D eigenvalue weighted by Gasteiger charge is 2.26. The first-order valence-corrected chi connectivity index (χ1v) is 10.2. The number of benzene rings is 2. The summed E-state index contributed by atoms with van der Waals surface area (Å²) in [6.45, 7) is 1.31. The second-order valence-electron chi connectivity index (χ2n) is 7.14. The van der Waals surface area contributed by atoms with Crippen LogP contribution in [-0.2, 0) is 4.79 Å². The summed E-state index contributed by atoms with van der Waals surface area (Å²) in [6.07, 6.45) is 5.00. The van der Waals surface area contributed by atoms with Gasteiger partial charge in [-0.1, -0.05) is 35.0 Å². The van der Waals surface area contributed by atoms with Crippen LogP contribution >= 0.6 is 11.6 Å². The molecule has 0 aliphatic carbocycles. The minimum absolute atomic E-state index is 0.00526. The Morgan fingerprint density at radius 2 is 1.90 bits per heavy atom. The number of piperidine rings is 1. The number of methoxy groups -OCH3 is 1. The van der Waals surface area contributed by atoms with Gasteiger partial charge in [0.25, 0.3) is 5.89 Å². The normalized spacial score (nSPS) is 14.9. The number of hydrogen-bond donors (Lipinski definition) is 0. The molecule has 0 N–H and O–H groups in total. The first-order valence-electron chi connectivity index (χ1n) is 9.83. The Morgan fingerprint density at radius 1 is 1.17 bits per heavy atom. The van der Waals surface area contributed by atoms with Crippen LogP contribution in [0.3, 0.4) is 0 Å². The molecular formula is C23H22ClN3O3. The number of amides is 1. The van der Waals surface area contributed by atoms with Gasteiger partial charge >= 0.3 is 0 Å². The van der Waals surface area contributed by atoms with Gasteiger partial charge in [-0.15, -0.1) is 0 Å². The van der Waals surface area contributed by atoms with Gasteiger partial charge in [-0.2, -0.15) is 4.98 Å². The third kappa shape index (κ3) is 4.54. The Kier molecular flexibility index (Phi) is 6.14. The maximum atomic E-state index is 12.6. The number of para-hydroxylation sites is 1. The van der Waals surface area contributed by atoms with Crippen LogP contribution in [0, 0.1) is 0 Å². The molecule has 1 saturated heterocycles. The molecular weight excluding hydrogens is 402 g/mol. The molecule has 7 heteroatoms. The van der Waals surface area contributed by atoms with Crippen LogP contribution < -0.4 is 4.74 Å². The molecule has 30 heavy (non-hydrogen) atoms. The molecule has 1 amide bonds. The van der Waals surface area contributed by atoms with Crippen molar-refractivity contribution < 1.29 is 14.1 Å². The first kappa shape index (κ1) is 20.2. The zero-order valence-electron chi connectivity index (χ0n) is 16.6. The lowest BCUT2D eigenvalue weighted by atomic mass is 9.96. The van der Waals surface area contributed by atoms with Gasteiger partial charge in [0.05, 0.1) is 7.11 Å². The standard InChI is InChI=1S/C23H22ClN3O3/c1-29-20-5-3-2-4-16(20)8-11-21(28)27-14-12-17(13-15-27)22-25-23(30-26-22)18-6-9-19(24)10-7-18/h2-11,17H,12-15H2,1H3. The second kappa shape index (κ2) is 9.13. The van der Waals surface area contributed by atoms with Crippen molar-refractivity contribution in [3.8, 4) is 17.2 Å². The number of carbonyl (C=O) groups excluding carboxylic acids is 1. The highest BCUT2D eigenvalue weighted by molar-refractivity contribution is 6.30. The number of halogens is 1. The van der Waals surface area contributed by atoms with Crippen LogP contribution in [0.4, 0.5) is 0 Å². The van der Waals surface area contributed by atoms with Crippen LogP contribution in [0.5, 0.6) is 5.75 Å². The van der Waals surface area contributed by atoms with Crippen molar-refractivity contribution in [2.75, 3.05) is 20.2 Å². The number of likely N-dealkylation sites (tertiary alicyclic amines) is 1. The number of ether oxygens (including phenoxy) is 1. The monoisotopic (exact) mass is 423 g/mol. The fraction of sp³-hybridized carbons (Fsp3) is 0.261. The fourth-order valence-corrected chi connectivity index (χ4v) is 3.67. The molecule has 0 unspecified atom stereocenters. The number of aromatic nitrogens is 2. The Balaban J connectivity index is 1.35. The van der Waals surface area contributed by atoms with E-state index >= 15 is 0 Å². The molecule has 2 aromatic carbocycles. The number of rotatable bonds is 5. The first-order chi connectivity index (χ1) is 14.6. The summed E-state index contributed by atoms with van der Waals surface area (Å²) in [5, 5.41) is 4.82. The summed E-state index contributed by atoms with van der Waals surface area (Å²) >= 11 is 5.93. The Morgan fingerprint density at radius 3 is 2.63 bits per heavy atom. The van der Waals surface area contributed by atoms with E-state index < -0.39 is 0 Å². The lowest BCUT2D eigenvalue weighted by Crippen LogP contribution is -2.37. The predicted molar refractivity (Wildman–Crippen MR) is 115 cm³/mol. The SMILES string of the molecule is COc1ccccc1C=CC(=O)N1CCC(c2noc(-c3ccc(Cl)cc3)n2)CC1. The van der Waals surface area contributed by atoms with Gasteiger partial charge in [0, 0.05) is 41.2 Å². The maximum Gasteiger partial charge on any atom is 0.257 e. The summed E-state index contributed by atoms with van der Waals surface area (Å²) in [4.78, 5) is 19.0. The smallest absolute Gasteiger partial charge is 0.257 e. The number of hydrogen-bond acceptors (Lipinski definition) is 5. The Labute approximate surface area is 180 Å². The molecule has 1 fully saturated rings. The minimum Gasteiger partial charge on any atom is -0.496 e. The molecule has 0 radical (unpaired) electrons. The summed E-state index contributed by atoms with van der Waals surface area (Å²) in [7, 11) is 1.62. The summed E-state index contributed by atoms with van der Waals surface area (Å²) in [5.41, 5.74) is 1.72. The van der Waals surface area contributed by atoms with E-state index in [9.17, 15) is 4.79 Å². The van der Waals surface area contributed by atoms with Crippen molar-refractivity contribution in [2.45, 2.75) is 18.8 Å². The lowest BCUT2D eigenvalue weighted by molar-refractivity contribution is -0.127. The molecule has 1 aliphatic rings. The van der Waals surface area contributed by atoms with Gasteiger partial charge in [0.2, 0.25) is 5.91 Å². The van der Waals surface area contributed by atoms with Crippen LogP contribution in [-0.4, -0.2) is 41.1 Å². The molecule has 3 aromatic rings. The predicted octanol–water partition coefficient (Wildman–Crippen LogP) is 4.82. The Bertz CT molecular complexity index is 1040. The largest absolute Gasteiger partial charge is 0.496 e. The van der Waals surface area contributed by atoms with Gasteiger partial charge in [-0.3, -0.25) is 4.79 Å². The average Bonchev–Trinajstić information content (AvgIpc) is 3.28. The highest BCUT2D eigenvalue weighted by Crippen LogP contribution is 2.28. The molecule has 0 atom stereocenters. The lowest BCUT2D eigenvalue weighted by Gasteiger charge is -2.29. The van der Waals surface area contributed by atoms with Gasteiger partial charge in [-0.25, -0.2) is 0 Å². The van der Waals surface area contributed by atoms with E-state index in [0.29, 0.717) is 29.8 Å². The van der Waals surface area contributed by atoms with Crippen LogP contribution in [0.15, 0.2) is 59.1 Å². The van der Waals surface area contributed by atoms with E-state index in [-0.39, 0.29) is 11.8 Å². The van der Waals surface area contributed by atoms with E-state index in [2.05, 4.69) is 10.1 Å². The van der Waals surface area contributed by atoms with E-state index in [1.807, 2.05) is 41.3 Å². The van der Waals surface area contributed by atoms with Gasteiger partial charge in [0.1, 0.15) is 5.75 Å². The molecule has 1 aliphatic heterocycles. The van der Waals surface area contributed by atoms with Gasteiger partial charge < -0.3 is 14.2 Å². The quantitative estimate of drug-likeness (QED) is 0.550. The molecule has 6 nitrogen and oxygen atoms in total. The van der Waals surface area contributed by atoms with Crippen molar-refractivity contribution in [3.05, 3.63) is 71.0 Å².